The predicted octanol–water partition coefficient (Wildman–Crippen LogP) is 1.02. The van der Waals surface area contributed by atoms with Crippen LogP contribution < -0.4 is 4.72 Å². The molecule has 8 heteroatoms. The van der Waals surface area contributed by atoms with E-state index in [1.165, 1.54) is 5.56 Å². The van der Waals surface area contributed by atoms with E-state index < -0.39 is 10.0 Å². The molecule has 0 aliphatic carbocycles. The number of hydrogen-bond acceptors (Lipinski definition) is 4. The van der Waals surface area contributed by atoms with E-state index >= 15 is 0 Å². The number of aryl methyl sites for hydroxylation is 1. The van der Waals surface area contributed by atoms with E-state index in [0.29, 0.717) is 13.1 Å². The van der Waals surface area contributed by atoms with Crippen LogP contribution in [0.15, 0.2) is 36.7 Å². The number of rotatable bonds is 6. The fraction of sp³-hybridized carbons (Fsp3) is 0.412. The molecule has 2 aromatic rings. The lowest BCUT2D eigenvalue weighted by Gasteiger charge is -2.32. The summed E-state index contributed by atoms with van der Waals surface area (Å²) in [5, 5.41) is 0. The number of aromatic amines is 1. The zero-order chi connectivity index (χ0) is 17.9. The van der Waals surface area contributed by atoms with Crippen LogP contribution in [0.2, 0.25) is 0 Å². The van der Waals surface area contributed by atoms with Gasteiger partial charge in [-0.2, -0.15) is 0 Å². The molecular weight excluding hydrogens is 340 g/mol. The minimum absolute atomic E-state index is 0.136. The maximum atomic E-state index is 12.4. The Morgan fingerprint density at radius 3 is 2.84 bits per heavy atom. The van der Waals surface area contributed by atoms with Gasteiger partial charge >= 0.3 is 0 Å². The van der Waals surface area contributed by atoms with Crippen molar-refractivity contribution in [1.82, 2.24) is 19.6 Å². The maximum Gasteiger partial charge on any atom is 0.237 e. The molecule has 1 amide bonds. The molecule has 1 aromatic heterocycles. The Balaban J connectivity index is 1.67. The number of fused-ring (bicyclic) bond motifs is 1. The van der Waals surface area contributed by atoms with Crippen molar-refractivity contribution in [2.75, 3.05) is 19.3 Å². The van der Waals surface area contributed by atoms with Gasteiger partial charge < -0.3 is 9.88 Å². The first kappa shape index (κ1) is 17.6. The first-order chi connectivity index (χ1) is 11.9. The lowest BCUT2D eigenvalue weighted by atomic mass is 9.92. The van der Waals surface area contributed by atoms with E-state index in [1.807, 2.05) is 18.2 Å². The summed E-state index contributed by atoms with van der Waals surface area (Å²) in [7, 11) is -3.38. The first-order valence-corrected chi connectivity index (χ1v) is 10.1. The Bertz CT molecular complexity index is 833. The molecule has 1 aliphatic rings. The second-order valence-corrected chi connectivity index (χ2v) is 8.19. The van der Waals surface area contributed by atoms with Gasteiger partial charge in [-0.05, 0) is 18.4 Å². The molecule has 2 N–H and O–H groups in total. The molecule has 25 heavy (non-hydrogen) atoms. The van der Waals surface area contributed by atoms with E-state index in [0.717, 1.165) is 30.5 Å². The van der Waals surface area contributed by atoms with Gasteiger partial charge in [0.2, 0.25) is 15.9 Å². The number of hydrogen-bond donors (Lipinski definition) is 2. The van der Waals surface area contributed by atoms with Crippen molar-refractivity contribution in [1.29, 1.82) is 0 Å². The van der Waals surface area contributed by atoms with Crippen molar-refractivity contribution < 1.29 is 13.2 Å². The zero-order valence-corrected chi connectivity index (χ0v) is 14.9. The van der Waals surface area contributed by atoms with Crippen molar-refractivity contribution >= 4 is 15.9 Å². The summed E-state index contributed by atoms with van der Waals surface area (Å²) < 4.78 is 24.7. The Morgan fingerprint density at radius 2 is 2.12 bits per heavy atom. The molecule has 2 heterocycles. The number of amides is 1. The number of H-pyrrole nitrogens is 1. The second kappa shape index (κ2) is 7.37. The number of carbonyl (C=O) groups is 1. The number of nitrogens with zero attached hydrogens (tertiary/aromatic N) is 2. The van der Waals surface area contributed by atoms with Gasteiger partial charge in [-0.15, -0.1) is 0 Å². The largest absolute Gasteiger partial charge is 0.347 e. The third kappa shape index (κ3) is 4.67. The summed E-state index contributed by atoms with van der Waals surface area (Å²) in [5.41, 5.74) is 3.19. The zero-order valence-electron chi connectivity index (χ0n) is 14.1. The van der Waals surface area contributed by atoms with Crippen molar-refractivity contribution in [3.63, 3.8) is 0 Å². The number of benzene rings is 1. The number of sulfonamides is 1. The summed E-state index contributed by atoms with van der Waals surface area (Å²) in [6, 6.07) is 10.2. The van der Waals surface area contributed by atoms with Gasteiger partial charge in [0.25, 0.3) is 0 Å². The lowest BCUT2D eigenvalue weighted by Crippen LogP contribution is -2.43. The average Bonchev–Trinajstić information content (AvgIpc) is 3.06. The quantitative estimate of drug-likeness (QED) is 0.802. The maximum absolute atomic E-state index is 12.4. The summed E-state index contributed by atoms with van der Waals surface area (Å²) in [6.45, 7) is 0.768. The van der Waals surface area contributed by atoms with Gasteiger partial charge in [0.1, 0.15) is 0 Å². The van der Waals surface area contributed by atoms with E-state index in [9.17, 15) is 13.2 Å². The van der Waals surface area contributed by atoms with E-state index in [1.54, 1.807) is 11.2 Å². The monoisotopic (exact) mass is 362 g/mol. The molecule has 1 unspecified atom stereocenters. The van der Waals surface area contributed by atoms with Crippen molar-refractivity contribution in [3.05, 3.63) is 53.6 Å². The van der Waals surface area contributed by atoms with E-state index in [-0.39, 0.29) is 18.4 Å². The van der Waals surface area contributed by atoms with Gasteiger partial charge in [-0.25, -0.2) is 18.1 Å². The number of carbonyl (C=O) groups excluding carboxylic acids is 1. The number of imidazole rings is 1. The molecule has 0 bridgehead atoms. The van der Waals surface area contributed by atoms with E-state index in [4.69, 9.17) is 0 Å². The van der Waals surface area contributed by atoms with Crippen LogP contribution in [0, 0.1) is 0 Å². The Hall–Kier alpha value is -2.19. The van der Waals surface area contributed by atoms with Crippen molar-refractivity contribution in [3.8, 4) is 0 Å². The molecule has 3 rings (SSSR count). The average molecular weight is 362 g/mol. The van der Waals surface area contributed by atoms with Gasteiger partial charge in [-0.3, -0.25) is 4.79 Å². The van der Waals surface area contributed by atoms with Crippen LogP contribution in [0.3, 0.4) is 0 Å². The molecule has 1 aromatic carbocycles. The highest BCUT2D eigenvalue weighted by Crippen LogP contribution is 2.29. The fourth-order valence-corrected chi connectivity index (χ4v) is 3.51. The van der Waals surface area contributed by atoms with Gasteiger partial charge in [-0.1, -0.05) is 30.3 Å². The third-order valence-electron chi connectivity index (χ3n) is 4.39. The van der Waals surface area contributed by atoms with Crippen LogP contribution >= 0.6 is 0 Å². The Labute approximate surface area is 147 Å². The summed E-state index contributed by atoms with van der Waals surface area (Å²) in [4.78, 5) is 21.6. The van der Waals surface area contributed by atoms with Gasteiger partial charge in [0, 0.05) is 12.5 Å². The minimum atomic E-state index is -3.38. The molecule has 0 spiro atoms. The highest BCUT2D eigenvalue weighted by Gasteiger charge is 2.30. The SMILES string of the molecule is CS(=O)(=O)NCC(=O)N1Cc2[nH]cnc2C(CCc2ccccc2)C1. The van der Waals surface area contributed by atoms with Crippen LogP contribution in [-0.2, 0) is 27.8 Å². The van der Waals surface area contributed by atoms with Crippen molar-refractivity contribution in [2.45, 2.75) is 25.3 Å². The summed E-state index contributed by atoms with van der Waals surface area (Å²) in [5.74, 6) is -0.0900. The first-order valence-electron chi connectivity index (χ1n) is 8.21. The van der Waals surface area contributed by atoms with Crippen LogP contribution in [0.4, 0.5) is 0 Å². The Morgan fingerprint density at radius 1 is 1.36 bits per heavy atom. The van der Waals surface area contributed by atoms with Crippen LogP contribution in [-0.4, -0.2) is 48.5 Å². The second-order valence-electron chi connectivity index (χ2n) is 6.36. The topological polar surface area (TPSA) is 95.2 Å². The molecule has 1 atom stereocenters. The fourth-order valence-electron chi connectivity index (χ4n) is 3.13. The van der Waals surface area contributed by atoms with Gasteiger partial charge in [0.05, 0.1) is 37.1 Å². The van der Waals surface area contributed by atoms with Crippen LogP contribution in [0.1, 0.15) is 29.3 Å². The molecule has 7 nitrogen and oxygen atoms in total. The van der Waals surface area contributed by atoms with Gasteiger partial charge in [0.15, 0.2) is 0 Å². The normalized spacial score (nSPS) is 17.3. The minimum Gasteiger partial charge on any atom is -0.347 e. The summed E-state index contributed by atoms with van der Waals surface area (Å²) in [6.07, 6.45) is 4.49. The third-order valence-corrected chi connectivity index (χ3v) is 5.06. The highest BCUT2D eigenvalue weighted by molar-refractivity contribution is 7.88. The van der Waals surface area contributed by atoms with Crippen LogP contribution in [0.5, 0.6) is 0 Å². The standard InChI is InChI=1S/C17H22N4O3S/c1-25(23,24)20-9-16(22)21-10-14(17-15(11-21)18-12-19-17)8-7-13-5-3-2-4-6-13/h2-6,12,14,20H,7-11H2,1H3,(H,18,19). The smallest absolute Gasteiger partial charge is 0.237 e. The number of nitrogens with one attached hydrogen (secondary N) is 2. The summed E-state index contributed by atoms with van der Waals surface area (Å²) >= 11 is 0. The molecule has 0 fully saturated rings. The number of aromatic nitrogens is 2. The van der Waals surface area contributed by atoms with E-state index in [2.05, 4.69) is 26.8 Å². The predicted molar refractivity (Wildman–Crippen MR) is 94.4 cm³/mol. The Kier molecular flexibility index (Phi) is 5.19. The molecule has 0 saturated carbocycles. The molecule has 1 aliphatic heterocycles. The molecule has 134 valence electrons. The molecule has 0 radical (unpaired) electrons. The molecule has 0 saturated heterocycles. The highest BCUT2D eigenvalue weighted by atomic mass is 32.2. The van der Waals surface area contributed by atoms with Crippen LogP contribution in [0.25, 0.3) is 0 Å². The van der Waals surface area contributed by atoms with Crippen molar-refractivity contribution in [2.24, 2.45) is 0 Å². The lowest BCUT2D eigenvalue weighted by molar-refractivity contribution is -0.131. The molecular formula is C17H22N4O3S.